The van der Waals surface area contributed by atoms with Crippen LogP contribution in [-0.2, 0) is 4.84 Å². The summed E-state index contributed by atoms with van der Waals surface area (Å²) in [7, 11) is 0. The second-order valence-electron chi connectivity index (χ2n) is 6.92. The van der Waals surface area contributed by atoms with Crippen LogP contribution in [0.25, 0.3) is 11.1 Å². The molecule has 2 aromatic carbocycles. The molecule has 5 heteroatoms. The summed E-state index contributed by atoms with van der Waals surface area (Å²) in [5, 5.41) is 16.8. The number of hydrogen-bond acceptors (Lipinski definition) is 4. The number of aromatic carboxylic acids is 1. The van der Waals surface area contributed by atoms with Crippen LogP contribution in [0.2, 0.25) is 0 Å². The Labute approximate surface area is 167 Å². The van der Waals surface area contributed by atoms with Gasteiger partial charge in [0.25, 0.3) is 0 Å². The minimum atomic E-state index is -0.922. The first kappa shape index (κ1) is 21.6. The summed E-state index contributed by atoms with van der Waals surface area (Å²) in [4.78, 5) is 16.1. The molecule has 0 bridgehead atoms. The van der Waals surface area contributed by atoms with E-state index >= 15 is 0 Å². The first-order valence-corrected chi connectivity index (χ1v) is 10.2. The Morgan fingerprint density at radius 3 is 1.93 bits per heavy atom. The van der Waals surface area contributed by atoms with Crippen LogP contribution in [0.5, 0.6) is 0 Å². The van der Waals surface area contributed by atoms with Crippen LogP contribution in [0.3, 0.4) is 0 Å². The maximum Gasteiger partial charge on any atom is 0.335 e. The third-order valence-electron chi connectivity index (χ3n) is 4.64. The quantitative estimate of drug-likeness (QED) is 0.226. The molecule has 0 saturated carbocycles. The van der Waals surface area contributed by atoms with E-state index in [9.17, 15) is 4.79 Å². The summed E-state index contributed by atoms with van der Waals surface area (Å²) >= 11 is 0. The lowest BCUT2D eigenvalue weighted by atomic mass is 10.0. The molecular formula is C23H30N2O3. The molecule has 0 unspecified atom stereocenters. The van der Waals surface area contributed by atoms with Gasteiger partial charge >= 0.3 is 5.97 Å². The van der Waals surface area contributed by atoms with Crippen molar-refractivity contribution in [1.29, 1.82) is 0 Å². The Hall–Kier alpha value is -2.69. The zero-order valence-corrected chi connectivity index (χ0v) is 16.6. The summed E-state index contributed by atoms with van der Waals surface area (Å²) in [5.41, 5.74) is 2.96. The third-order valence-corrected chi connectivity index (χ3v) is 4.64. The molecule has 0 heterocycles. The second-order valence-corrected chi connectivity index (χ2v) is 6.92. The Morgan fingerprint density at radius 1 is 0.821 bits per heavy atom. The van der Waals surface area contributed by atoms with Crippen molar-refractivity contribution in [2.75, 3.05) is 6.61 Å². The monoisotopic (exact) mass is 382 g/mol. The lowest BCUT2D eigenvalue weighted by molar-refractivity contribution is 0.0697. The second kappa shape index (κ2) is 12.7. The fraction of sp³-hybridized carbons (Fsp3) is 0.435. The van der Waals surface area contributed by atoms with E-state index in [1.165, 1.54) is 44.9 Å². The standard InChI is InChI=1S/C23H30N2O3/c1-2-3-4-5-6-7-8-9-18-28-25-24-22-16-14-20(15-17-22)19-10-12-21(13-11-19)23(26)27/h10-17H,2-9,18H2,1H3,(H,26,27). The van der Waals surface area contributed by atoms with Crippen LogP contribution in [0.1, 0.15) is 68.6 Å². The number of nitrogens with zero attached hydrogens (tertiary/aromatic N) is 2. The van der Waals surface area contributed by atoms with Gasteiger partial charge in [-0.15, -0.1) is 5.11 Å². The first-order chi connectivity index (χ1) is 13.7. The van der Waals surface area contributed by atoms with Crippen LogP contribution < -0.4 is 0 Å². The minimum absolute atomic E-state index is 0.280. The van der Waals surface area contributed by atoms with Crippen molar-refractivity contribution >= 4 is 11.7 Å². The van der Waals surface area contributed by atoms with Gasteiger partial charge in [0.2, 0.25) is 0 Å². The van der Waals surface area contributed by atoms with E-state index in [0.29, 0.717) is 6.61 Å². The van der Waals surface area contributed by atoms with Crippen LogP contribution in [0.15, 0.2) is 58.9 Å². The SMILES string of the molecule is CCCCCCCCCCON=Nc1ccc(-c2ccc(C(=O)O)cc2)cc1. The molecular weight excluding hydrogens is 352 g/mol. The van der Waals surface area contributed by atoms with Gasteiger partial charge in [-0.2, -0.15) is 0 Å². The highest BCUT2D eigenvalue weighted by Crippen LogP contribution is 2.23. The molecule has 0 aliphatic heterocycles. The van der Waals surface area contributed by atoms with Crippen molar-refractivity contribution in [3.8, 4) is 11.1 Å². The van der Waals surface area contributed by atoms with Gasteiger partial charge in [-0.3, -0.25) is 0 Å². The van der Waals surface area contributed by atoms with Gasteiger partial charge in [-0.05, 0) is 48.2 Å². The molecule has 0 aromatic heterocycles. The highest BCUT2D eigenvalue weighted by molar-refractivity contribution is 5.88. The number of benzene rings is 2. The molecule has 2 aromatic rings. The van der Waals surface area contributed by atoms with Crippen molar-refractivity contribution in [1.82, 2.24) is 0 Å². The van der Waals surface area contributed by atoms with E-state index in [-0.39, 0.29) is 5.56 Å². The van der Waals surface area contributed by atoms with Crippen molar-refractivity contribution in [3.05, 3.63) is 54.1 Å². The highest BCUT2D eigenvalue weighted by atomic mass is 16.6. The minimum Gasteiger partial charge on any atom is -0.478 e. The van der Waals surface area contributed by atoms with Crippen molar-refractivity contribution in [2.24, 2.45) is 10.4 Å². The number of unbranched alkanes of at least 4 members (excludes halogenated alkanes) is 7. The van der Waals surface area contributed by atoms with E-state index < -0.39 is 5.97 Å². The molecule has 5 nitrogen and oxygen atoms in total. The molecule has 0 radical (unpaired) electrons. The molecule has 0 amide bonds. The fourth-order valence-corrected chi connectivity index (χ4v) is 2.94. The van der Waals surface area contributed by atoms with Gasteiger partial charge in [0.05, 0.1) is 11.3 Å². The first-order valence-electron chi connectivity index (χ1n) is 10.2. The summed E-state index contributed by atoms with van der Waals surface area (Å²) < 4.78 is 0. The molecule has 2 rings (SSSR count). The van der Waals surface area contributed by atoms with Crippen molar-refractivity contribution in [2.45, 2.75) is 58.3 Å². The summed E-state index contributed by atoms with van der Waals surface area (Å²) in [6, 6.07) is 14.4. The summed E-state index contributed by atoms with van der Waals surface area (Å²) in [6.45, 7) is 2.84. The molecule has 0 spiro atoms. The van der Waals surface area contributed by atoms with E-state index in [1.807, 2.05) is 24.3 Å². The van der Waals surface area contributed by atoms with Crippen LogP contribution in [-0.4, -0.2) is 17.7 Å². The van der Waals surface area contributed by atoms with Gasteiger partial charge in [-0.25, -0.2) is 4.79 Å². The van der Waals surface area contributed by atoms with Gasteiger partial charge in [0, 0.05) is 5.28 Å². The zero-order valence-electron chi connectivity index (χ0n) is 16.6. The Kier molecular flexibility index (Phi) is 9.76. The topological polar surface area (TPSA) is 71.2 Å². The van der Waals surface area contributed by atoms with Crippen molar-refractivity contribution < 1.29 is 14.7 Å². The van der Waals surface area contributed by atoms with Crippen LogP contribution >= 0.6 is 0 Å². The number of hydrogen-bond donors (Lipinski definition) is 1. The predicted molar refractivity (Wildman–Crippen MR) is 112 cm³/mol. The molecule has 0 aliphatic rings. The smallest absolute Gasteiger partial charge is 0.335 e. The maximum atomic E-state index is 10.9. The third kappa shape index (κ3) is 7.91. The highest BCUT2D eigenvalue weighted by Gasteiger charge is 2.03. The van der Waals surface area contributed by atoms with Gasteiger partial charge in [0.15, 0.2) is 0 Å². The summed E-state index contributed by atoms with van der Waals surface area (Å²) in [6.07, 6.45) is 10.1. The van der Waals surface area contributed by atoms with Crippen LogP contribution in [0.4, 0.5) is 5.69 Å². The Bertz CT molecular complexity index is 725. The lowest BCUT2D eigenvalue weighted by Crippen LogP contribution is -1.94. The zero-order chi connectivity index (χ0) is 20.0. The average molecular weight is 383 g/mol. The number of carboxylic acids is 1. The Balaban J connectivity index is 1.66. The van der Waals surface area contributed by atoms with E-state index in [1.54, 1.807) is 24.3 Å². The predicted octanol–water partition coefficient (Wildman–Crippen LogP) is 7.21. The summed E-state index contributed by atoms with van der Waals surface area (Å²) in [5.74, 6) is -0.922. The normalized spacial score (nSPS) is 11.0. The molecule has 1 N–H and O–H groups in total. The van der Waals surface area contributed by atoms with E-state index in [0.717, 1.165) is 23.2 Å². The van der Waals surface area contributed by atoms with E-state index in [2.05, 4.69) is 17.3 Å². The fourth-order valence-electron chi connectivity index (χ4n) is 2.94. The Morgan fingerprint density at radius 2 is 1.36 bits per heavy atom. The molecule has 150 valence electrons. The molecule has 0 atom stereocenters. The molecule has 28 heavy (non-hydrogen) atoms. The lowest BCUT2D eigenvalue weighted by Gasteiger charge is -2.03. The van der Waals surface area contributed by atoms with Crippen LogP contribution in [0, 0.1) is 0 Å². The number of rotatable bonds is 13. The molecule has 0 fully saturated rings. The average Bonchev–Trinajstić information content (AvgIpc) is 2.72. The maximum absolute atomic E-state index is 10.9. The van der Waals surface area contributed by atoms with Crippen molar-refractivity contribution in [3.63, 3.8) is 0 Å². The number of carbonyl (C=O) groups is 1. The molecule has 0 aliphatic carbocycles. The van der Waals surface area contributed by atoms with Gasteiger partial charge < -0.3 is 9.94 Å². The van der Waals surface area contributed by atoms with Gasteiger partial charge in [0.1, 0.15) is 6.61 Å². The largest absolute Gasteiger partial charge is 0.478 e. The van der Waals surface area contributed by atoms with Gasteiger partial charge in [-0.1, -0.05) is 69.7 Å². The molecule has 0 saturated heterocycles. The van der Waals surface area contributed by atoms with E-state index in [4.69, 9.17) is 9.94 Å². The number of carboxylic acid groups (broad SMARTS) is 1.